The molecule has 1 N–H and O–H groups in total. The summed E-state index contributed by atoms with van der Waals surface area (Å²) in [4.78, 5) is 2.46. The summed E-state index contributed by atoms with van der Waals surface area (Å²) in [5.41, 5.74) is 1.85. The quantitative estimate of drug-likeness (QED) is 0.777. The molecule has 1 aromatic rings. The van der Waals surface area contributed by atoms with Gasteiger partial charge in [0.1, 0.15) is 5.75 Å². The van der Waals surface area contributed by atoms with Crippen LogP contribution < -0.4 is 10.1 Å². The Morgan fingerprint density at radius 3 is 2.68 bits per heavy atom. The summed E-state index contributed by atoms with van der Waals surface area (Å²) in [5, 5.41) is 3.32. The van der Waals surface area contributed by atoms with Crippen LogP contribution in [0.4, 0.5) is 0 Å². The molecular weight excluding hydrogens is 236 g/mol. The van der Waals surface area contributed by atoms with E-state index in [9.17, 15) is 0 Å². The normalized spacial score (nSPS) is 16.6. The zero-order chi connectivity index (χ0) is 13.7. The summed E-state index contributed by atoms with van der Waals surface area (Å²) >= 11 is 0. The maximum atomic E-state index is 5.40. The average Bonchev–Trinajstić information content (AvgIpc) is 3.16. The number of hydrogen-bond acceptors (Lipinski definition) is 3. The van der Waals surface area contributed by atoms with E-state index < -0.39 is 0 Å². The van der Waals surface area contributed by atoms with Gasteiger partial charge in [0.15, 0.2) is 0 Å². The van der Waals surface area contributed by atoms with Gasteiger partial charge in [0.25, 0.3) is 0 Å². The van der Waals surface area contributed by atoms with Crippen LogP contribution in [-0.2, 0) is 6.42 Å². The molecule has 0 aliphatic heterocycles. The Kier molecular flexibility index (Phi) is 4.83. The van der Waals surface area contributed by atoms with Crippen LogP contribution in [0.1, 0.15) is 18.4 Å². The number of methoxy groups -OCH3 is 1. The van der Waals surface area contributed by atoms with E-state index in [1.165, 1.54) is 24.9 Å². The summed E-state index contributed by atoms with van der Waals surface area (Å²) in [6.07, 6.45) is 3.79. The van der Waals surface area contributed by atoms with E-state index in [0.717, 1.165) is 25.3 Å². The molecule has 3 heteroatoms. The lowest BCUT2D eigenvalue weighted by atomic mass is 10.1. The number of hydrogen-bond donors (Lipinski definition) is 1. The molecular formula is C16H26N2O. The number of nitrogens with zero attached hydrogens (tertiary/aromatic N) is 1. The van der Waals surface area contributed by atoms with Crippen molar-refractivity contribution >= 4 is 0 Å². The molecule has 1 aliphatic rings. The molecule has 1 saturated carbocycles. The van der Waals surface area contributed by atoms with E-state index in [2.05, 4.69) is 36.4 Å². The van der Waals surface area contributed by atoms with Gasteiger partial charge in [-0.2, -0.15) is 0 Å². The number of nitrogens with one attached hydrogen (secondary N) is 1. The van der Waals surface area contributed by atoms with Gasteiger partial charge in [-0.25, -0.2) is 0 Å². The fourth-order valence-electron chi connectivity index (χ4n) is 2.82. The fraction of sp³-hybridized carbons (Fsp3) is 0.625. The summed E-state index contributed by atoms with van der Waals surface area (Å²) in [5.74, 6) is 1.01. The maximum Gasteiger partial charge on any atom is 0.122 e. The Balaban J connectivity index is 1.81. The summed E-state index contributed by atoms with van der Waals surface area (Å²) in [6.45, 7) is 3.43. The molecule has 0 bridgehead atoms. The second-order valence-corrected chi connectivity index (χ2v) is 5.83. The first-order valence-electron chi connectivity index (χ1n) is 7.14. The van der Waals surface area contributed by atoms with Crippen molar-refractivity contribution < 1.29 is 4.74 Å². The topological polar surface area (TPSA) is 24.5 Å². The van der Waals surface area contributed by atoms with E-state index in [4.69, 9.17) is 4.74 Å². The van der Waals surface area contributed by atoms with E-state index in [-0.39, 0.29) is 0 Å². The third-order valence-corrected chi connectivity index (χ3v) is 4.07. The van der Waals surface area contributed by atoms with Crippen molar-refractivity contribution in [3.63, 3.8) is 0 Å². The van der Waals surface area contributed by atoms with E-state index in [1.807, 2.05) is 12.1 Å². The lowest BCUT2D eigenvalue weighted by Crippen LogP contribution is -2.33. The van der Waals surface area contributed by atoms with Gasteiger partial charge in [0.05, 0.1) is 7.11 Å². The van der Waals surface area contributed by atoms with Crippen LogP contribution >= 0.6 is 0 Å². The minimum Gasteiger partial charge on any atom is -0.496 e. The van der Waals surface area contributed by atoms with E-state index in [1.54, 1.807) is 7.11 Å². The molecule has 0 unspecified atom stereocenters. The summed E-state index contributed by atoms with van der Waals surface area (Å²) in [7, 11) is 6.02. The second kappa shape index (κ2) is 6.40. The van der Waals surface area contributed by atoms with E-state index >= 15 is 0 Å². The molecule has 0 radical (unpaired) electrons. The molecule has 106 valence electrons. The van der Waals surface area contributed by atoms with Crippen LogP contribution in [0.25, 0.3) is 0 Å². The highest BCUT2D eigenvalue weighted by Gasteiger charge is 2.42. The Hall–Kier alpha value is -1.06. The molecule has 0 spiro atoms. The Labute approximate surface area is 116 Å². The average molecular weight is 262 g/mol. The minimum atomic E-state index is 0.546. The Morgan fingerprint density at radius 1 is 1.32 bits per heavy atom. The van der Waals surface area contributed by atoms with Crippen LogP contribution in [0.3, 0.4) is 0 Å². The molecule has 0 saturated heterocycles. The lowest BCUT2D eigenvalue weighted by Gasteiger charge is -2.23. The monoisotopic (exact) mass is 262 g/mol. The third kappa shape index (κ3) is 3.95. The van der Waals surface area contributed by atoms with Gasteiger partial charge in [0, 0.05) is 19.6 Å². The van der Waals surface area contributed by atoms with Crippen LogP contribution in [0.15, 0.2) is 24.3 Å². The van der Waals surface area contributed by atoms with Gasteiger partial charge in [0.2, 0.25) is 0 Å². The van der Waals surface area contributed by atoms with Crippen LogP contribution in [0.5, 0.6) is 5.75 Å². The fourth-order valence-corrected chi connectivity index (χ4v) is 2.82. The molecule has 0 atom stereocenters. The molecule has 2 rings (SSSR count). The van der Waals surface area contributed by atoms with Crippen LogP contribution in [-0.4, -0.2) is 45.7 Å². The van der Waals surface area contributed by atoms with Crippen molar-refractivity contribution in [1.29, 1.82) is 0 Å². The number of likely N-dealkylation sites (N-methyl/N-ethyl adjacent to an activating group) is 1. The Morgan fingerprint density at radius 2 is 2.05 bits per heavy atom. The molecule has 0 heterocycles. The van der Waals surface area contributed by atoms with Crippen molar-refractivity contribution in [3.8, 4) is 5.75 Å². The maximum absolute atomic E-state index is 5.40. The highest BCUT2D eigenvalue weighted by Crippen LogP contribution is 2.45. The van der Waals surface area contributed by atoms with Crippen molar-refractivity contribution in [2.45, 2.75) is 19.3 Å². The van der Waals surface area contributed by atoms with Crippen molar-refractivity contribution in [2.24, 2.45) is 5.41 Å². The Bertz CT molecular complexity index is 401. The van der Waals surface area contributed by atoms with Crippen molar-refractivity contribution in [3.05, 3.63) is 29.8 Å². The van der Waals surface area contributed by atoms with Crippen LogP contribution in [0.2, 0.25) is 0 Å². The summed E-state index contributed by atoms with van der Waals surface area (Å²) < 4.78 is 5.40. The first-order chi connectivity index (χ1) is 9.19. The van der Waals surface area contributed by atoms with Crippen LogP contribution in [0, 0.1) is 5.41 Å². The van der Waals surface area contributed by atoms with Crippen molar-refractivity contribution in [2.75, 3.05) is 40.8 Å². The predicted octanol–water partition coefficient (Wildman–Crippen LogP) is 2.17. The zero-order valence-electron chi connectivity index (χ0n) is 12.4. The second-order valence-electron chi connectivity index (χ2n) is 5.83. The zero-order valence-corrected chi connectivity index (χ0v) is 12.4. The molecule has 0 amide bonds. The van der Waals surface area contributed by atoms with Gasteiger partial charge in [-0.3, -0.25) is 0 Å². The van der Waals surface area contributed by atoms with Crippen molar-refractivity contribution in [1.82, 2.24) is 10.2 Å². The number of benzene rings is 1. The van der Waals surface area contributed by atoms with Gasteiger partial charge in [-0.05, 0) is 50.4 Å². The minimum absolute atomic E-state index is 0.546. The smallest absolute Gasteiger partial charge is 0.122 e. The molecule has 0 aromatic heterocycles. The number of rotatable bonds is 8. The molecule has 1 fully saturated rings. The van der Waals surface area contributed by atoms with E-state index in [0.29, 0.717) is 5.41 Å². The molecule has 1 aromatic carbocycles. The molecule has 1 aliphatic carbocycles. The first kappa shape index (κ1) is 14.4. The standard InChI is InChI=1S/C16H26N2O/c1-17-12-16(9-10-16)13-18(2)11-8-14-6-4-5-7-15(14)19-3/h4-7,17H,8-13H2,1-3H3. The number of ether oxygens (including phenoxy) is 1. The third-order valence-electron chi connectivity index (χ3n) is 4.07. The summed E-state index contributed by atoms with van der Waals surface area (Å²) in [6, 6.07) is 8.31. The largest absolute Gasteiger partial charge is 0.496 e. The first-order valence-corrected chi connectivity index (χ1v) is 7.14. The highest BCUT2D eigenvalue weighted by atomic mass is 16.5. The molecule has 3 nitrogen and oxygen atoms in total. The highest BCUT2D eigenvalue weighted by molar-refractivity contribution is 5.33. The van der Waals surface area contributed by atoms with Gasteiger partial charge in [-0.1, -0.05) is 18.2 Å². The SMILES string of the molecule is CNCC1(CN(C)CCc2ccccc2OC)CC1. The predicted molar refractivity (Wildman–Crippen MR) is 79.8 cm³/mol. The molecule has 19 heavy (non-hydrogen) atoms. The van der Waals surface area contributed by atoms with Gasteiger partial charge < -0.3 is 15.0 Å². The van der Waals surface area contributed by atoms with Gasteiger partial charge in [-0.15, -0.1) is 0 Å². The lowest BCUT2D eigenvalue weighted by molar-refractivity contribution is 0.261. The number of para-hydroxylation sites is 1. The van der Waals surface area contributed by atoms with Gasteiger partial charge >= 0.3 is 0 Å².